The molecule has 0 atom stereocenters. The van der Waals surface area contributed by atoms with Crippen LogP contribution in [0.15, 0.2) is 53.6 Å². The van der Waals surface area contributed by atoms with Gasteiger partial charge in [-0.25, -0.2) is 0 Å². The number of hydrogen-bond acceptors (Lipinski definition) is 5. The first-order chi connectivity index (χ1) is 11.3. The Balaban J connectivity index is 2.09. The number of unbranched alkanes of at least 4 members (excludes halogenated alkanes) is 1. The number of ether oxygens (including phenoxy) is 2. The summed E-state index contributed by atoms with van der Waals surface area (Å²) in [5, 5.41) is 12.8. The summed E-state index contributed by atoms with van der Waals surface area (Å²) in [6.07, 6.45) is 2.83. The zero-order valence-corrected chi connectivity index (χ0v) is 13.0. The zero-order chi connectivity index (χ0) is 16.3. The van der Waals surface area contributed by atoms with Crippen LogP contribution in [0.2, 0.25) is 0 Å². The summed E-state index contributed by atoms with van der Waals surface area (Å²) in [7, 11) is 1.60. The molecule has 5 nitrogen and oxygen atoms in total. The molecule has 0 spiro atoms. The molecule has 0 fully saturated rings. The fourth-order valence-electron chi connectivity index (χ4n) is 1.96. The number of nitrogens with zero attached hydrogens (tertiary/aromatic N) is 2. The van der Waals surface area contributed by atoms with E-state index in [1.165, 1.54) is 0 Å². The number of rotatable bonds is 8. The summed E-state index contributed by atoms with van der Waals surface area (Å²) in [4.78, 5) is 0. The number of para-hydroxylation sites is 2. The van der Waals surface area contributed by atoms with Gasteiger partial charge in [0.25, 0.3) is 0 Å². The lowest BCUT2D eigenvalue weighted by Crippen LogP contribution is -2.02. The molecular weight excluding hydrogens is 290 g/mol. The highest BCUT2D eigenvalue weighted by Crippen LogP contribution is 2.30. The van der Waals surface area contributed by atoms with Crippen LogP contribution in [-0.2, 0) is 0 Å². The maximum absolute atomic E-state index is 8.58. The molecule has 5 heteroatoms. The summed E-state index contributed by atoms with van der Waals surface area (Å²) < 4.78 is 11.1. The van der Waals surface area contributed by atoms with Gasteiger partial charge < -0.3 is 9.47 Å². The van der Waals surface area contributed by atoms with Crippen LogP contribution in [0.3, 0.4) is 0 Å². The number of methoxy groups -OCH3 is 1. The van der Waals surface area contributed by atoms with Crippen LogP contribution < -0.4 is 14.9 Å². The van der Waals surface area contributed by atoms with Crippen molar-refractivity contribution >= 4 is 11.9 Å². The number of nitrogens with one attached hydrogen (secondary N) is 1. The van der Waals surface area contributed by atoms with Crippen LogP contribution in [0.5, 0.6) is 11.5 Å². The molecule has 0 aliphatic rings. The van der Waals surface area contributed by atoms with Crippen LogP contribution in [0.25, 0.3) is 0 Å². The standard InChI is InChI=1S/C18H19N3O2/c1-22-17-11-7-8-15(18(17)23-13-6-5-12-19)14-20-21-16-9-3-2-4-10-16/h2-4,7-11,14,21H,5-6,13H2,1H3. The van der Waals surface area contributed by atoms with E-state index in [1.807, 2.05) is 48.5 Å². The second-order valence-electron chi connectivity index (χ2n) is 4.72. The van der Waals surface area contributed by atoms with E-state index in [2.05, 4.69) is 16.6 Å². The maximum Gasteiger partial charge on any atom is 0.169 e. The van der Waals surface area contributed by atoms with Crippen molar-refractivity contribution in [2.45, 2.75) is 12.8 Å². The Labute approximate surface area is 136 Å². The molecule has 0 radical (unpaired) electrons. The van der Waals surface area contributed by atoms with Crippen LogP contribution in [0, 0.1) is 11.3 Å². The van der Waals surface area contributed by atoms with Gasteiger partial charge in [-0.2, -0.15) is 10.4 Å². The molecule has 1 N–H and O–H groups in total. The third-order valence-corrected chi connectivity index (χ3v) is 3.08. The van der Waals surface area contributed by atoms with Gasteiger partial charge in [0.1, 0.15) is 0 Å². The summed E-state index contributed by atoms with van der Waals surface area (Å²) in [6, 6.07) is 17.4. The average molecular weight is 309 g/mol. The number of benzene rings is 2. The predicted octanol–water partition coefficient (Wildman–Crippen LogP) is 3.82. The van der Waals surface area contributed by atoms with E-state index >= 15 is 0 Å². The predicted molar refractivity (Wildman–Crippen MR) is 91.0 cm³/mol. The van der Waals surface area contributed by atoms with Crippen molar-refractivity contribution < 1.29 is 9.47 Å². The van der Waals surface area contributed by atoms with E-state index in [1.54, 1.807) is 13.3 Å². The van der Waals surface area contributed by atoms with Crippen LogP contribution in [0.1, 0.15) is 18.4 Å². The molecule has 0 saturated heterocycles. The van der Waals surface area contributed by atoms with Crippen molar-refractivity contribution in [2.24, 2.45) is 5.10 Å². The van der Waals surface area contributed by atoms with E-state index in [0.29, 0.717) is 30.9 Å². The van der Waals surface area contributed by atoms with Gasteiger partial charge in [-0.3, -0.25) is 5.43 Å². The molecule has 118 valence electrons. The van der Waals surface area contributed by atoms with Gasteiger partial charge >= 0.3 is 0 Å². The van der Waals surface area contributed by atoms with Crippen molar-refractivity contribution in [1.29, 1.82) is 5.26 Å². The molecule has 0 amide bonds. The Morgan fingerprint density at radius 1 is 1.17 bits per heavy atom. The molecule has 2 aromatic rings. The molecule has 2 aromatic carbocycles. The largest absolute Gasteiger partial charge is 0.493 e. The Morgan fingerprint density at radius 3 is 2.74 bits per heavy atom. The molecule has 0 heterocycles. The van der Waals surface area contributed by atoms with E-state index < -0.39 is 0 Å². The van der Waals surface area contributed by atoms with Crippen molar-refractivity contribution in [3.05, 3.63) is 54.1 Å². The molecular formula is C18H19N3O2. The quantitative estimate of drug-likeness (QED) is 0.457. The fourth-order valence-corrected chi connectivity index (χ4v) is 1.96. The minimum atomic E-state index is 0.459. The van der Waals surface area contributed by atoms with E-state index in [9.17, 15) is 0 Å². The zero-order valence-electron chi connectivity index (χ0n) is 13.0. The highest BCUT2D eigenvalue weighted by Gasteiger charge is 2.09. The van der Waals surface area contributed by atoms with Gasteiger partial charge in [0.15, 0.2) is 11.5 Å². The van der Waals surface area contributed by atoms with E-state index in [4.69, 9.17) is 14.7 Å². The fraction of sp³-hybridized carbons (Fsp3) is 0.222. The third-order valence-electron chi connectivity index (χ3n) is 3.08. The van der Waals surface area contributed by atoms with Crippen LogP contribution in [0.4, 0.5) is 5.69 Å². The summed E-state index contributed by atoms with van der Waals surface area (Å²) >= 11 is 0. The first-order valence-electron chi connectivity index (χ1n) is 7.36. The number of hydrogen-bond donors (Lipinski definition) is 1. The molecule has 0 unspecified atom stereocenters. The molecule has 0 bridgehead atoms. The van der Waals surface area contributed by atoms with Gasteiger partial charge in [0.2, 0.25) is 0 Å². The van der Waals surface area contributed by atoms with Gasteiger partial charge in [0, 0.05) is 12.0 Å². The molecule has 2 rings (SSSR count). The van der Waals surface area contributed by atoms with Crippen molar-refractivity contribution in [3.63, 3.8) is 0 Å². The first-order valence-corrected chi connectivity index (χ1v) is 7.36. The minimum Gasteiger partial charge on any atom is -0.493 e. The lowest BCUT2D eigenvalue weighted by Gasteiger charge is -2.12. The molecule has 0 aromatic heterocycles. The number of nitriles is 1. The second kappa shape index (κ2) is 9.11. The van der Waals surface area contributed by atoms with Crippen molar-refractivity contribution in [1.82, 2.24) is 0 Å². The Kier molecular flexibility index (Phi) is 6.48. The second-order valence-corrected chi connectivity index (χ2v) is 4.72. The molecule has 0 aliphatic heterocycles. The molecule has 0 saturated carbocycles. The number of anilines is 1. The molecule has 23 heavy (non-hydrogen) atoms. The van der Waals surface area contributed by atoms with E-state index in [0.717, 1.165) is 11.3 Å². The van der Waals surface area contributed by atoms with Crippen LogP contribution in [-0.4, -0.2) is 19.9 Å². The monoisotopic (exact) mass is 309 g/mol. The van der Waals surface area contributed by atoms with Crippen molar-refractivity contribution in [3.8, 4) is 17.6 Å². The Hall–Kier alpha value is -3.00. The SMILES string of the molecule is COc1cccc(C=NNc2ccccc2)c1OCCCC#N. The minimum absolute atomic E-state index is 0.459. The van der Waals surface area contributed by atoms with E-state index in [-0.39, 0.29) is 0 Å². The normalized spacial score (nSPS) is 10.3. The maximum atomic E-state index is 8.58. The summed E-state index contributed by atoms with van der Waals surface area (Å²) in [5.41, 5.74) is 4.68. The van der Waals surface area contributed by atoms with Gasteiger partial charge in [-0.1, -0.05) is 24.3 Å². The number of hydrazone groups is 1. The Morgan fingerprint density at radius 2 is 2.00 bits per heavy atom. The van der Waals surface area contributed by atoms with Gasteiger partial charge in [-0.05, 0) is 30.7 Å². The van der Waals surface area contributed by atoms with Gasteiger partial charge in [-0.15, -0.1) is 0 Å². The highest BCUT2D eigenvalue weighted by molar-refractivity contribution is 5.85. The smallest absolute Gasteiger partial charge is 0.169 e. The highest BCUT2D eigenvalue weighted by atomic mass is 16.5. The lowest BCUT2D eigenvalue weighted by molar-refractivity contribution is 0.290. The average Bonchev–Trinajstić information content (AvgIpc) is 2.60. The van der Waals surface area contributed by atoms with Gasteiger partial charge in [0.05, 0.1) is 31.7 Å². The Bertz CT molecular complexity index is 678. The van der Waals surface area contributed by atoms with Crippen LogP contribution >= 0.6 is 0 Å². The molecule has 0 aliphatic carbocycles. The third kappa shape index (κ3) is 5.04. The topological polar surface area (TPSA) is 66.6 Å². The van der Waals surface area contributed by atoms with Crippen molar-refractivity contribution in [2.75, 3.05) is 19.1 Å². The lowest BCUT2D eigenvalue weighted by atomic mass is 10.2. The first kappa shape index (κ1) is 16.4. The summed E-state index contributed by atoms with van der Waals surface area (Å²) in [6.45, 7) is 0.459. The summed E-state index contributed by atoms with van der Waals surface area (Å²) in [5.74, 6) is 1.28.